The number of aryl methyl sites for hydroxylation is 1. The van der Waals surface area contributed by atoms with Crippen LogP contribution >= 0.6 is 0 Å². The molecule has 0 atom stereocenters. The molecule has 0 fully saturated rings. The molecule has 0 unspecified atom stereocenters. The van der Waals surface area contributed by atoms with Gasteiger partial charge in [0, 0.05) is 19.0 Å². The van der Waals surface area contributed by atoms with Gasteiger partial charge < -0.3 is 15.0 Å². The first-order valence-corrected chi connectivity index (χ1v) is 7.62. The van der Waals surface area contributed by atoms with Gasteiger partial charge in [-0.2, -0.15) is 0 Å². The number of fused-ring (bicyclic) bond motifs is 1. The van der Waals surface area contributed by atoms with Crippen molar-refractivity contribution in [2.45, 2.75) is 39.7 Å². The van der Waals surface area contributed by atoms with Crippen molar-refractivity contribution in [3.05, 3.63) is 36.2 Å². The van der Waals surface area contributed by atoms with Crippen LogP contribution in [0.4, 0.5) is 0 Å². The van der Waals surface area contributed by atoms with E-state index in [1.54, 1.807) is 0 Å². The number of nitrogens with two attached hydrogens (primary N) is 1. The van der Waals surface area contributed by atoms with Gasteiger partial charge in [0.25, 0.3) is 0 Å². The number of allylic oxidation sites excluding steroid dienone is 1. The van der Waals surface area contributed by atoms with Crippen LogP contribution in [-0.2, 0) is 13.0 Å². The number of benzene rings is 1. The molecule has 2 aromatic rings. The molecule has 0 saturated heterocycles. The Hall–Kier alpha value is -1.81. The van der Waals surface area contributed by atoms with Crippen LogP contribution in [0.2, 0.25) is 0 Å². The third kappa shape index (κ3) is 3.85. The number of ether oxygens (including phenoxy) is 1. The molecule has 0 amide bonds. The monoisotopic (exact) mass is 287 g/mol. The summed E-state index contributed by atoms with van der Waals surface area (Å²) in [5, 5.41) is 0. The van der Waals surface area contributed by atoms with Gasteiger partial charge in [-0.25, -0.2) is 4.98 Å². The molecule has 1 aromatic carbocycles. The van der Waals surface area contributed by atoms with Crippen LogP contribution in [0.3, 0.4) is 0 Å². The fraction of sp³-hybridized carbons (Fsp3) is 0.471. The Balaban J connectivity index is 2.37. The summed E-state index contributed by atoms with van der Waals surface area (Å²) in [5.41, 5.74) is 8.86. The molecule has 1 heterocycles. The Morgan fingerprint density at radius 1 is 1.43 bits per heavy atom. The van der Waals surface area contributed by atoms with Crippen LogP contribution in [-0.4, -0.2) is 22.7 Å². The first-order valence-electron chi connectivity index (χ1n) is 7.62. The molecular weight excluding hydrogens is 262 g/mol. The van der Waals surface area contributed by atoms with Gasteiger partial charge in [0.1, 0.15) is 11.6 Å². The number of rotatable bonds is 8. The van der Waals surface area contributed by atoms with Crippen LogP contribution in [0.5, 0.6) is 5.75 Å². The van der Waals surface area contributed by atoms with E-state index >= 15 is 0 Å². The van der Waals surface area contributed by atoms with Gasteiger partial charge in [0.2, 0.25) is 0 Å². The molecule has 2 N–H and O–H groups in total. The predicted octanol–water partition coefficient (Wildman–Crippen LogP) is 3.29. The molecule has 0 radical (unpaired) electrons. The van der Waals surface area contributed by atoms with E-state index in [9.17, 15) is 0 Å². The molecule has 1 aromatic heterocycles. The van der Waals surface area contributed by atoms with Crippen LogP contribution in [0, 0.1) is 0 Å². The highest BCUT2D eigenvalue weighted by Crippen LogP contribution is 2.23. The van der Waals surface area contributed by atoms with Crippen molar-refractivity contribution in [1.29, 1.82) is 0 Å². The maximum Gasteiger partial charge on any atom is 0.121 e. The lowest BCUT2D eigenvalue weighted by Crippen LogP contribution is -2.07. The summed E-state index contributed by atoms with van der Waals surface area (Å²) >= 11 is 0. The summed E-state index contributed by atoms with van der Waals surface area (Å²) < 4.78 is 7.92. The van der Waals surface area contributed by atoms with Crippen molar-refractivity contribution >= 4 is 11.0 Å². The molecule has 0 aliphatic heterocycles. The standard InChI is InChI=1S/C17H25N3O/c1-4-10-21-14-7-8-16-15(11-14)19-17(6-5-9-18)20(16)12-13(2)3/h7-8,11H,2,4-6,9-10,12,18H2,1,3H3. The largest absolute Gasteiger partial charge is 0.494 e. The highest BCUT2D eigenvalue weighted by atomic mass is 16.5. The second-order valence-corrected chi connectivity index (χ2v) is 5.46. The number of aromatic nitrogens is 2. The second kappa shape index (κ2) is 7.27. The normalized spacial score (nSPS) is 11.0. The van der Waals surface area contributed by atoms with Gasteiger partial charge in [-0.1, -0.05) is 19.1 Å². The van der Waals surface area contributed by atoms with Crippen molar-refractivity contribution in [3.63, 3.8) is 0 Å². The number of hydrogen-bond acceptors (Lipinski definition) is 3. The van der Waals surface area contributed by atoms with E-state index in [4.69, 9.17) is 15.5 Å². The minimum absolute atomic E-state index is 0.682. The lowest BCUT2D eigenvalue weighted by Gasteiger charge is -2.09. The van der Waals surface area contributed by atoms with Gasteiger partial charge in [-0.05, 0) is 38.4 Å². The third-order valence-corrected chi connectivity index (χ3v) is 3.30. The Morgan fingerprint density at radius 3 is 2.90 bits per heavy atom. The van der Waals surface area contributed by atoms with Gasteiger partial charge in [0.05, 0.1) is 17.6 Å². The summed E-state index contributed by atoms with van der Waals surface area (Å²) in [4.78, 5) is 4.76. The molecule has 0 saturated carbocycles. The van der Waals surface area contributed by atoms with E-state index in [0.717, 1.165) is 60.6 Å². The quantitative estimate of drug-likeness (QED) is 0.758. The van der Waals surface area contributed by atoms with Crippen molar-refractivity contribution in [3.8, 4) is 5.75 Å². The van der Waals surface area contributed by atoms with Crippen molar-refractivity contribution in [2.75, 3.05) is 13.2 Å². The summed E-state index contributed by atoms with van der Waals surface area (Å²) in [6.07, 6.45) is 2.84. The van der Waals surface area contributed by atoms with Crippen LogP contribution in [0.25, 0.3) is 11.0 Å². The number of nitrogens with zero attached hydrogens (tertiary/aromatic N) is 2. The zero-order valence-electron chi connectivity index (χ0n) is 13.1. The van der Waals surface area contributed by atoms with E-state index < -0.39 is 0 Å². The lowest BCUT2D eigenvalue weighted by atomic mass is 10.2. The first kappa shape index (κ1) is 15.6. The summed E-state index contributed by atoms with van der Waals surface area (Å²) in [6, 6.07) is 6.12. The molecule has 0 aliphatic carbocycles. The van der Waals surface area contributed by atoms with Crippen LogP contribution in [0.15, 0.2) is 30.4 Å². The van der Waals surface area contributed by atoms with E-state index in [1.807, 2.05) is 19.1 Å². The Labute approximate surface area is 126 Å². The molecule has 114 valence electrons. The number of imidazole rings is 1. The minimum atomic E-state index is 0.682. The van der Waals surface area contributed by atoms with Gasteiger partial charge >= 0.3 is 0 Å². The van der Waals surface area contributed by atoms with Crippen molar-refractivity contribution < 1.29 is 4.74 Å². The van der Waals surface area contributed by atoms with E-state index in [2.05, 4.69) is 24.1 Å². The molecule has 0 aliphatic rings. The van der Waals surface area contributed by atoms with E-state index in [-0.39, 0.29) is 0 Å². The highest BCUT2D eigenvalue weighted by molar-refractivity contribution is 5.78. The molecule has 0 bridgehead atoms. The molecule has 2 rings (SSSR count). The average Bonchev–Trinajstić information content (AvgIpc) is 2.79. The zero-order chi connectivity index (χ0) is 15.2. The van der Waals surface area contributed by atoms with Crippen LogP contribution in [0.1, 0.15) is 32.5 Å². The third-order valence-electron chi connectivity index (χ3n) is 3.30. The Bertz CT molecular complexity index is 616. The summed E-state index contributed by atoms with van der Waals surface area (Å²) in [6.45, 7) is 10.4. The SMILES string of the molecule is C=C(C)Cn1c(CCCN)nc2cc(OCCC)ccc21. The van der Waals surface area contributed by atoms with Gasteiger partial charge in [0.15, 0.2) is 0 Å². The smallest absolute Gasteiger partial charge is 0.121 e. The maximum atomic E-state index is 5.69. The predicted molar refractivity (Wildman–Crippen MR) is 87.7 cm³/mol. The molecule has 4 heteroatoms. The van der Waals surface area contributed by atoms with Crippen LogP contribution < -0.4 is 10.5 Å². The van der Waals surface area contributed by atoms with Crippen molar-refractivity contribution in [1.82, 2.24) is 9.55 Å². The lowest BCUT2D eigenvalue weighted by molar-refractivity contribution is 0.318. The second-order valence-electron chi connectivity index (χ2n) is 5.46. The summed E-state index contributed by atoms with van der Waals surface area (Å²) in [5.74, 6) is 1.96. The molecule has 0 spiro atoms. The molecule has 4 nitrogen and oxygen atoms in total. The van der Waals surface area contributed by atoms with Gasteiger partial charge in [-0.3, -0.25) is 0 Å². The Kier molecular flexibility index (Phi) is 5.39. The fourth-order valence-corrected chi connectivity index (χ4v) is 2.37. The molecule has 21 heavy (non-hydrogen) atoms. The summed E-state index contributed by atoms with van der Waals surface area (Å²) in [7, 11) is 0. The fourth-order valence-electron chi connectivity index (χ4n) is 2.37. The van der Waals surface area contributed by atoms with Crippen molar-refractivity contribution in [2.24, 2.45) is 5.73 Å². The minimum Gasteiger partial charge on any atom is -0.494 e. The topological polar surface area (TPSA) is 53.1 Å². The zero-order valence-corrected chi connectivity index (χ0v) is 13.1. The first-order chi connectivity index (χ1) is 10.2. The average molecular weight is 287 g/mol. The van der Waals surface area contributed by atoms with Gasteiger partial charge in [-0.15, -0.1) is 0 Å². The number of hydrogen-bond donors (Lipinski definition) is 1. The highest BCUT2D eigenvalue weighted by Gasteiger charge is 2.11. The molecular formula is C17H25N3O. The Morgan fingerprint density at radius 2 is 2.24 bits per heavy atom. The van der Waals surface area contributed by atoms with E-state index in [0.29, 0.717) is 6.54 Å². The maximum absolute atomic E-state index is 5.69. The van der Waals surface area contributed by atoms with E-state index in [1.165, 1.54) is 0 Å².